The van der Waals surface area contributed by atoms with E-state index in [1.807, 2.05) is 30.3 Å². The molecular formula is C11H13NO2. The highest BCUT2D eigenvalue weighted by Crippen LogP contribution is 2.35. The van der Waals surface area contributed by atoms with Crippen molar-refractivity contribution in [1.29, 1.82) is 0 Å². The molecule has 1 unspecified atom stereocenters. The molecule has 0 spiro atoms. The topological polar surface area (TPSA) is 52.3 Å². The number of amides is 1. The molecule has 3 nitrogen and oxygen atoms in total. The van der Waals surface area contributed by atoms with Gasteiger partial charge in [-0.05, 0) is 18.4 Å². The molecule has 0 aromatic heterocycles. The molecular weight excluding hydrogens is 178 g/mol. The van der Waals surface area contributed by atoms with E-state index in [9.17, 15) is 4.79 Å². The first-order valence-corrected chi connectivity index (χ1v) is 4.75. The lowest BCUT2D eigenvalue weighted by molar-refractivity contribution is -0.139. The molecule has 1 atom stereocenters. The molecule has 0 radical (unpaired) electrons. The van der Waals surface area contributed by atoms with Crippen molar-refractivity contribution >= 4 is 5.91 Å². The number of primary amides is 1. The summed E-state index contributed by atoms with van der Waals surface area (Å²) in [6.45, 7) is 0.609. The summed E-state index contributed by atoms with van der Waals surface area (Å²) in [6.07, 6.45) is 1.57. The summed E-state index contributed by atoms with van der Waals surface area (Å²) in [6, 6.07) is 9.46. The van der Waals surface area contributed by atoms with Crippen LogP contribution in [0.3, 0.4) is 0 Å². The number of ether oxygens (including phenoxy) is 1. The van der Waals surface area contributed by atoms with E-state index in [1.54, 1.807) is 0 Å². The van der Waals surface area contributed by atoms with Crippen molar-refractivity contribution in [3.63, 3.8) is 0 Å². The minimum Gasteiger partial charge on any atom is -0.367 e. The number of nitrogens with two attached hydrogens (primary N) is 1. The second-order valence-corrected chi connectivity index (χ2v) is 3.51. The van der Waals surface area contributed by atoms with Crippen molar-refractivity contribution in [3.8, 4) is 0 Å². The molecule has 1 fully saturated rings. The van der Waals surface area contributed by atoms with Gasteiger partial charge in [0.15, 0.2) is 5.60 Å². The second-order valence-electron chi connectivity index (χ2n) is 3.51. The summed E-state index contributed by atoms with van der Waals surface area (Å²) in [4.78, 5) is 11.4. The number of carbonyl (C=O) groups excluding carboxylic acids is 1. The number of rotatable bonds is 2. The first-order chi connectivity index (χ1) is 6.76. The molecule has 2 rings (SSSR count). The molecule has 0 saturated carbocycles. The molecule has 74 valence electrons. The first-order valence-electron chi connectivity index (χ1n) is 4.75. The van der Waals surface area contributed by atoms with Gasteiger partial charge in [0, 0.05) is 6.61 Å². The fourth-order valence-electron chi connectivity index (χ4n) is 1.91. The fourth-order valence-corrected chi connectivity index (χ4v) is 1.91. The standard InChI is InChI=1S/C11H13NO2/c12-10(13)11(7-4-8-14-11)9-5-2-1-3-6-9/h1-3,5-6H,4,7-8H2,(H2,12,13). The molecule has 0 aliphatic carbocycles. The van der Waals surface area contributed by atoms with E-state index in [2.05, 4.69) is 0 Å². The van der Waals surface area contributed by atoms with Gasteiger partial charge in [-0.2, -0.15) is 0 Å². The minimum absolute atomic E-state index is 0.388. The number of hydrogen-bond donors (Lipinski definition) is 1. The van der Waals surface area contributed by atoms with Gasteiger partial charge in [0.1, 0.15) is 0 Å². The normalized spacial score (nSPS) is 26.3. The van der Waals surface area contributed by atoms with Crippen molar-refractivity contribution in [2.45, 2.75) is 18.4 Å². The summed E-state index contributed by atoms with van der Waals surface area (Å²) in [5.74, 6) is -0.388. The van der Waals surface area contributed by atoms with Crippen LogP contribution in [-0.2, 0) is 15.1 Å². The van der Waals surface area contributed by atoms with E-state index >= 15 is 0 Å². The maximum Gasteiger partial charge on any atom is 0.254 e. The molecule has 1 saturated heterocycles. The van der Waals surface area contributed by atoms with Crippen molar-refractivity contribution in [1.82, 2.24) is 0 Å². The number of carbonyl (C=O) groups is 1. The molecule has 0 bridgehead atoms. The van der Waals surface area contributed by atoms with Gasteiger partial charge in [0.25, 0.3) is 5.91 Å². The summed E-state index contributed by atoms with van der Waals surface area (Å²) in [7, 11) is 0. The van der Waals surface area contributed by atoms with Crippen molar-refractivity contribution in [2.75, 3.05) is 6.61 Å². The lowest BCUT2D eigenvalue weighted by atomic mass is 9.90. The van der Waals surface area contributed by atoms with Gasteiger partial charge in [-0.1, -0.05) is 30.3 Å². The Balaban J connectivity index is 2.42. The second kappa shape index (κ2) is 3.42. The SMILES string of the molecule is NC(=O)C1(c2ccccc2)CCCO1. The smallest absolute Gasteiger partial charge is 0.254 e. The predicted molar refractivity (Wildman–Crippen MR) is 52.5 cm³/mol. The van der Waals surface area contributed by atoms with Gasteiger partial charge in [0.2, 0.25) is 0 Å². The molecule has 1 aliphatic heterocycles. The van der Waals surface area contributed by atoms with Gasteiger partial charge < -0.3 is 10.5 Å². The number of benzene rings is 1. The van der Waals surface area contributed by atoms with Crippen LogP contribution in [0.5, 0.6) is 0 Å². The molecule has 2 N–H and O–H groups in total. The lowest BCUT2D eigenvalue weighted by Crippen LogP contribution is -2.40. The minimum atomic E-state index is -0.874. The Morgan fingerprint density at radius 1 is 1.36 bits per heavy atom. The highest BCUT2D eigenvalue weighted by atomic mass is 16.5. The lowest BCUT2D eigenvalue weighted by Gasteiger charge is -2.24. The maximum atomic E-state index is 11.4. The van der Waals surface area contributed by atoms with E-state index in [-0.39, 0.29) is 5.91 Å². The Morgan fingerprint density at radius 3 is 2.57 bits per heavy atom. The van der Waals surface area contributed by atoms with Gasteiger partial charge in [-0.3, -0.25) is 4.79 Å². The van der Waals surface area contributed by atoms with Gasteiger partial charge in [0.05, 0.1) is 0 Å². The first kappa shape index (κ1) is 9.21. The van der Waals surface area contributed by atoms with Crippen LogP contribution in [0.1, 0.15) is 18.4 Å². The fraction of sp³-hybridized carbons (Fsp3) is 0.364. The number of hydrogen-bond acceptors (Lipinski definition) is 2. The third-order valence-electron chi connectivity index (χ3n) is 2.66. The molecule has 1 aromatic rings. The Hall–Kier alpha value is -1.35. The van der Waals surface area contributed by atoms with Crippen LogP contribution in [0.2, 0.25) is 0 Å². The van der Waals surface area contributed by atoms with E-state index in [4.69, 9.17) is 10.5 Å². The van der Waals surface area contributed by atoms with Crippen molar-refractivity contribution in [3.05, 3.63) is 35.9 Å². The van der Waals surface area contributed by atoms with Crippen molar-refractivity contribution in [2.24, 2.45) is 5.73 Å². The maximum absolute atomic E-state index is 11.4. The Labute approximate surface area is 82.9 Å². The van der Waals surface area contributed by atoms with Crippen LogP contribution in [0, 0.1) is 0 Å². The van der Waals surface area contributed by atoms with E-state index in [0.717, 1.165) is 12.0 Å². The van der Waals surface area contributed by atoms with Crippen LogP contribution in [0.25, 0.3) is 0 Å². The van der Waals surface area contributed by atoms with Crippen LogP contribution in [0.15, 0.2) is 30.3 Å². The zero-order chi connectivity index (χ0) is 10.0. The molecule has 3 heteroatoms. The molecule has 14 heavy (non-hydrogen) atoms. The summed E-state index contributed by atoms with van der Waals surface area (Å²) >= 11 is 0. The van der Waals surface area contributed by atoms with Crippen LogP contribution < -0.4 is 5.73 Å². The highest BCUT2D eigenvalue weighted by molar-refractivity contribution is 5.85. The Bertz CT molecular complexity index is 328. The largest absolute Gasteiger partial charge is 0.367 e. The zero-order valence-electron chi connectivity index (χ0n) is 7.90. The van der Waals surface area contributed by atoms with Gasteiger partial charge in [-0.25, -0.2) is 0 Å². The Morgan fingerprint density at radius 2 is 2.07 bits per heavy atom. The average molecular weight is 191 g/mol. The highest BCUT2D eigenvalue weighted by Gasteiger charge is 2.42. The van der Waals surface area contributed by atoms with Crippen molar-refractivity contribution < 1.29 is 9.53 Å². The predicted octanol–water partition coefficient (Wildman–Crippen LogP) is 1.18. The van der Waals surface area contributed by atoms with E-state index in [0.29, 0.717) is 13.0 Å². The van der Waals surface area contributed by atoms with E-state index < -0.39 is 5.60 Å². The monoisotopic (exact) mass is 191 g/mol. The molecule has 1 amide bonds. The summed E-state index contributed by atoms with van der Waals surface area (Å²) in [5, 5.41) is 0. The molecule has 1 heterocycles. The Kier molecular flexibility index (Phi) is 2.25. The van der Waals surface area contributed by atoms with Crippen LogP contribution >= 0.6 is 0 Å². The third kappa shape index (κ3) is 1.30. The third-order valence-corrected chi connectivity index (χ3v) is 2.66. The van der Waals surface area contributed by atoms with Gasteiger partial charge in [-0.15, -0.1) is 0 Å². The quantitative estimate of drug-likeness (QED) is 0.763. The average Bonchev–Trinajstić information content (AvgIpc) is 2.69. The van der Waals surface area contributed by atoms with Gasteiger partial charge >= 0.3 is 0 Å². The zero-order valence-corrected chi connectivity index (χ0v) is 7.90. The molecule has 1 aliphatic rings. The van der Waals surface area contributed by atoms with Crippen LogP contribution in [0.4, 0.5) is 0 Å². The van der Waals surface area contributed by atoms with E-state index in [1.165, 1.54) is 0 Å². The summed E-state index contributed by atoms with van der Waals surface area (Å²) < 4.78 is 5.51. The van der Waals surface area contributed by atoms with Crippen LogP contribution in [-0.4, -0.2) is 12.5 Å². The summed E-state index contributed by atoms with van der Waals surface area (Å²) in [5.41, 5.74) is 5.39. The molecule has 1 aromatic carbocycles.